The normalized spacial score (nSPS) is 10.9. The Bertz CT molecular complexity index is 1370. The highest BCUT2D eigenvalue weighted by atomic mass is 35.5. The first-order valence-corrected chi connectivity index (χ1v) is 10.9. The average molecular weight is 493 g/mol. The topological polar surface area (TPSA) is 77.0 Å². The Balaban J connectivity index is 1.30. The standard InChI is InChI=1S/C26H18Cl2N2O4/c27-19-10-13-24(23(28)14-19)33-16-25(31)30-29-15-17-8-11-20(12-9-17)34-26(32)22-7-3-5-18-4-1-2-6-21(18)22/h1-15H,16H2,(H,30,31)/b29-15+. The molecule has 0 aliphatic rings. The Kier molecular flexibility index (Phi) is 7.42. The van der Waals surface area contributed by atoms with Crippen LogP contribution in [0.1, 0.15) is 15.9 Å². The third kappa shape index (κ3) is 5.92. The molecule has 8 heteroatoms. The quantitative estimate of drug-likeness (QED) is 0.151. The van der Waals surface area contributed by atoms with Crippen LogP contribution < -0.4 is 14.9 Å². The van der Waals surface area contributed by atoms with Crippen molar-refractivity contribution in [3.63, 3.8) is 0 Å². The number of carbonyl (C=O) groups excluding carboxylic acids is 2. The maximum Gasteiger partial charge on any atom is 0.344 e. The van der Waals surface area contributed by atoms with Gasteiger partial charge in [-0.1, -0.05) is 59.6 Å². The summed E-state index contributed by atoms with van der Waals surface area (Å²) in [5.41, 5.74) is 3.56. The second-order valence-electron chi connectivity index (χ2n) is 7.14. The molecule has 0 heterocycles. The Morgan fingerprint density at radius 2 is 1.68 bits per heavy atom. The lowest BCUT2D eigenvalue weighted by molar-refractivity contribution is -0.123. The molecule has 4 aromatic carbocycles. The van der Waals surface area contributed by atoms with Crippen molar-refractivity contribution < 1.29 is 19.1 Å². The van der Waals surface area contributed by atoms with Crippen molar-refractivity contribution in [3.8, 4) is 11.5 Å². The lowest BCUT2D eigenvalue weighted by Gasteiger charge is -2.07. The van der Waals surface area contributed by atoms with Gasteiger partial charge in [0.25, 0.3) is 5.91 Å². The van der Waals surface area contributed by atoms with Gasteiger partial charge in [0.05, 0.1) is 16.8 Å². The van der Waals surface area contributed by atoms with Crippen molar-refractivity contribution in [3.05, 3.63) is 106 Å². The fourth-order valence-corrected chi connectivity index (χ4v) is 3.60. The molecule has 0 atom stereocenters. The zero-order valence-corrected chi connectivity index (χ0v) is 19.2. The first-order valence-electron chi connectivity index (χ1n) is 10.2. The number of carbonyl (C=O) groups is 2. The highest BCUT2D eigenvalue weighted by Crippen LogP contribution is 2.27. The van der Waals surface area contributed by atoms with E-state index in [4.69, 9.17) is 32.7 Å². The first kappa shape index (κ1) is 23.3. The zero-order valence-electron chi connectivity index (χ0n) is 17.7. The van der Waals surface area contributed by atoms with E-state index >= 15 is 0 Å². The van der Waals surface area contributed by atoms with Gasteiger partial charge in [-0.3, -0.25) is 4.79 Å². The fraction of sp³-hybridized carbons (Fsp3) is 0.0385. The van der Waals surface area contributed by atoms with Crippen LogP contribution in [0.3, 0.4) is 0 Å². The molecule has 0 bridgehead atoms. The molecule has 0 aliphatic carbocycles. The number of hydrogen-bond donors (Lipinski definition) is 1. The van der Waals surface area contributed by atoms with Gasteiger partial charge in [0.1, 0.15) is 11.5 Å². The number of ether oxygens (including phenoxy) is 2. The van der Waals surface area contributed by atoms with Gasteiger partial charge >= 0.3 is 5.97 Å². The van der Waals surface area contributed by atoms with Gasteiger partial charge in [-0.2, -0.15) is 5.10 Å². The molecule has 4 aromatic rings. The van der Waals surface area contributed by atoms with Gasteiger partial charge in [-0.05, 0) is 64.9 Å². The summed E-state index contributed by atoms with van der Waals surface area (Å²) in [5.74, 6) is -0.152. The van der Waals surface area contributed by atoms with E-state index in [0.29, 0.717) is 32.7 Å². The molecule has 0 radical (unpaired) electrons. The summed E-state index contributed by atoms with van der Waals surface area (Å²) in [6.45, 7) is -0.262. The minimum atomic E-state index is -0.456. The molecular formula is C26H18Cl2N2O4. The lowest BCUT2D eigenvalue weighted by Crippen LogP contribution is -2.24. The number of nitrogens with zero attached hydrogens (tertiary/aromatic N) is 1. The largest absolute Gasteiger partial charge is 0.482 e. The van der Waals surface area contributed by atoms with Crippen molar-refractivity contribution >= 4 is 52.1 Å². The smallest absolute Gasteiger partial charge is 0.344 e. The Morgan fingerprint density at radius 1 is 0.912 bits per heavy atom. The van der Waals surface area contributed by atoms with Crippen LogP contribution in [0.15, 0.2) is 90.0 Å². The summed E-state index contributed by atoms with van der Waals surface area (Å²) in [5, 5.41) is 6.47. The molecule has 1 amide bonds. The highest BCUT2D eigenvalue weighted by Gasteiger charge is 2.12. The van der Waals surface area contributed by atoms with Crippen molar-refractivity contribution in [2.75, 3.05) is 6.61 Å². The van der Waals surface area contributed by atoms with Crippen molar-refractivity contribution in [2.24, 2.45) is 5.10 Å². The van der Waals surface area contributed by atoms with E-state index in [2.05, 4.69) is 10.5 Å². The number of halogens is 2. The van der Waals surface area contributed by atoms with Crippen LogP contribution in [0.2, 0.25) is 10.0 Å². The van der Waals surface area contributed by atoms with Gasteiger partial charge in [0.15, 0.2) is 6.61 Å². The lowest BCUT2D eigenvalue weighted by atomic mass is 10.0. The molecule has 0 spiro atoms. The van der Waals surface area contributed by atoms with Crippen LogP contribution in [-0.2, 0) is 4.79 Å². The van der Waals surface area contributed by atoms with E-state index < -0.39 is 11.9 Å². The van der Waals surface area contributed by atoms with E-state index in [-0.39, 0.29) is 6.61 Å². The summed E-state index contributed by atoms with van der Waals surface area (Å²) in [6.07, 6.45) is 1.46. The second kappa shape index (κ2) is 10.8. The van der Waals surface area contributed by atoms with Crippen molar-refractivity contribution in [1.29, 1.82) is 0 Å². The Morgan fingerprint density at radius 3 is 2.47 bits per heavy atom. The van der Waals surface area contributed by atoms with E-state index in [1.54, 1.807) is 42.5 Å². The van der Waals surface area contributed by atoms with E-state index in [0.717, 1.165) is 10.8 Å². The van der Waals surface area contributed by atoms with Gasteiger partial charge in [0, 0.05) is 5.02 Å². The van der Waals surface area contributed by atoms with Crippen LogP contribution in [0.25, 0.3) is 10.8 Å². The van der Waals surface area contributed by atoms with Crippen LogP contribution >= 0.6 is 23.2 Å². The van der Waals surface area contributed by atoms with E-state index in [1.807, 2.05) is 36.4 Å². The van der Waals surface area contributed by atoms with Crippen molar-refractivity contribution in [2.45, 2.75) is 0 Å². The molecule has 4 rings (SSSR count). The predicted molar refractivity (Wildman–Crippen MR) is 133 cm³/mol. The number of esters is 1. The number of hydrogen-bond acceptors (Lipinski definition) is 5. The summed E-state index contributed by atoms with van der Waals surface area (Å²) in [7, 11) is 0. The van der Waals surface area contributed by atoms with Gasteiger partial charge in [-0.25, -0.2) is 10.2 Å². The Labute approximate surface area is 205 Å². The van der Waals surface area contributed by atoms with Gasteiger partial charge < -0.3 is 9.47 Å². The monoisotopic (exact) mass is 492 g/mol. The number of fused-ring (bicyclic) bond motifs is 1. The highest BCUT2D eigenvalue weighted by molar-refractivity contribution is 6.35. The SMILES string of the molecule is O=C(COc1ccc(Cl)cc1Cl)N/N=C/c1ccc(OC(=O)c2cccc3ccccc23)cc1. The number of amides is 1. The minimum absolute atomic E-state index is 0.262. The Hall–Kier alpha value is -3.87. The molecule has 170 valence electrons. The molecule has 6 nitrogen and oxygen atoms in total. The van der Waals surface area contributed by atoms with Crippen LogP contribution in [-0.4, -0.2) is 24.7 Å². The number of rotatable bonds is 7. The fourth-order valence-electron chi connectivity index (χ4n) is 3.13. The molecule has 0 aliphatic heterocycles. The minimum Gasteiger partial charge on any atom is -0.482 e. The first-order chi connectivity index (χ1) is 16.5. The van der Waals surface area contributed by atoms with Crippen molar-refractivity contribution in [1.82, 2.24) is 5.43 Å². The van der Waals surface area contributed by atoms with E-state index in [1.165, 1.54) is 12.3 Å². The summed E-state index contributed by atoms with van der Waals surface area (Å²) >= 11 is 11.8. The van der Waals surface area contributed by atoms with Crippen LogP contribution in [0.4, 0.5) is 0 Å². The van der Waals surface area contributed by atoms with E-state index in [9.17, 15) is 9.59 Å². The molecule has 1 N–H and O–H groups in total. The maximum absolute atomic E-state index is 12.6. The van der Waals surface area contributed by atoms with Crippen LogP contribution in [0, 0.1) is 0 Å². The maximum atomic E-state index is 12.6. The molecule has 0 unspecified atom stereocenters. The third-order valence-electron chi connectivity index (χ3n) is 4.76. The second-order valence-corrected chi connectivity index (χ2v) is 7.99. The third-order valence-corrected chi connectivity index (χ3v) is 5.29. The van der Waals surface area contributed by atoms with Gasteiger partial charge in [-0.15, -0.1) is 0 Å². The number of benzene rings is 4. The van der Waals surface area contributed by atoms with Crippen LogP contribution in [0.5, 0.6) is 11.5 Å². The summed E-state index contributed by atoms with van der Waals surface area (Å²) in [4.78, 5) is 24.6. The van der Waals surface area contributed by atoms with Gasteiger partial charge in [0.2, 0.25) is 0 Å². The molecular weight excluding hydrogens is 475 g/mol. The molecule has 34 heavy (non-hydrogen) atoms. The molecule has 0 fully saturated rings. The summed E-state index contributed by atoms with van der Waals surface area (Å²) in [6, 6.07) is 24.6. The number of hydrazone groups is 1. The molecule has 0 aromatic heterocycles. The number of nitrogens with one attached hydrogen (secondary N) is 1. The summed E-state index contributed by atoms with van der Waals surface area (Å²) < 4.78 is 10.9. The predicted octanol–water partition coefficient (Wildman–Crippen LogP) is 5.89. The zero-order chi connectivity index (χ0) is 23.9. The average Bonchev–Trinajstić information content (AvgIpc) is 2.84. The molecule has 0 saturated carbocycles. The molecule has 0 saturated heterocycles.